The van der Waals surface area contributed by atoms with Crippen LogP contribution in [-0.2, 0) is 9.53 Å². The summed E-state index contributed by atoms with van der Waals surface area (Å²) in [6, 6.07) is 5.48. The fourth-order valence-electron chi connectivity index (χ4n) is 1.25. The summed E-state index contributed by atoms with van der Waals surface area (Å²) < 4.78 is 15.0. The second-order valence-corrected chi connectivity index (χ2v) is 3.04. The Bertz CT molecular complexity index is 372. The fraction of sp³-hybridized carbons (Fsp3) is 0.300. The van der Waals surface area contributed by atoms with Gasteiger partial charge in [0.25, 0.3) is 0 Å². The van der Waals surface area contributed by atoms with Crippen LogP contribution in [0.15, 0.2) is 18.2 Å². The largest absolute Gasteiger partial charge is 0.463 e. The molecule has 0 bridgehead atoms. The first-order valence-electron chi connectivity index (χ1n) is 4.22. The number of rotatable bonds is 1. The summed E-state index contributed by atoms with van der Waals surface area (Å²) in [7, 11) is 1.29. The number of benzene rings is 1. The van der Waals surface area contributed by atoms with E-state index in [-0.39, 0.29) is 0 Å². The van der Waals surface area contributed by atoms with E-state index in [0.29, 0.717) is 11.5 Å². The molecule has 4 heteroatoms. The zero-order valence-electron chi connectivity index (χ0n) is 7.94. The topological polar surface area (TPSA) is 44.8 Å². The van der Waals surface area contributed by atoms with Crippen molar-refractivity contribution >= 4 is 5.97 Å². The third-order valence-electron chi connectivity index (χ3n) is 1.96. The number of ether oxygens (including phenoxy) is 3. The van der Waals surface area contributed by atoms with Crippen LogP contribution in [0.1, 0.15) is 5.56 Å². The van der Waals surface area contributed by atoms with E-state index in [1.165, 1.54) is 7.11 Å². The van der Waals surface area contributed by atoms with Gasteiger partial charge in [-0.05, 0) is 24.6 Å². The van der Waals surface area contributed by atoms with Gasteiger partial charge in [-0.3, -0.25) is 0 Å². The summed E-state index contributed by atoms with van der Waals surface area (Å²) in [6.45, 7) is 1.94. The second kappa shape index (κ2) is 3.21. The summed E-state index contributed by atoms with van der Waals surface area (Å²) >= 11 is 0. The van der Waals surface area contributed by atoms with E-state index >= 15 is 0 Å². The molecule has 0 aliphatic carbocycles. The number of hydrogen-bond acceptors (Lipinski definition) is 4. The van der Waals surface area contributed by atoms with E-state index in [4.69, 9.17) is 9.47 Å². The minimum atomic E-state index is -0.961. The van der Waals surface area contributed by atoms with Crippen molar-refractivity contribution in [3.8, 4) is 11.5 Å². The summed E-state index contributed by atoms with van der Waals surface area (Å²) in [6.07, 6.45) is -0.961. The van der Waals surface area contributed by atoms with Gasteiger partial charge in [-0.1, -0.05) is 6.07 Å². The van der Waals surface area contributed by atoms with Crippen molar-refractivity contribution in [2.75, 3.05) is 7.11 Å². The minimum Gasteiger partial charge on any atom is -0.463 e. The number of hydrogen-bond donors (Lipinski definition) is 0. The Morgan fingerprint density at radius 1 is 1.36 bits per heavy atom. The van der Waals surface area contributed by atoms with Crippen LogP contribution in [-0.4, -0.2) is 19.4 Å². The Labute approximate surface area is 81.4 Å². The molecule has 1 aliphatic rings. The Balaban J connectivity index is 2.22. The number of methoxy groups -OCH3 is 1. The molecule has 1 aromatic rings. The predicted octanol–water partition coefficient (Wildman–Crippen LogP) is 1.27. The van der Waals surface area contributed by atoms with Crippen LogP contribution in [0.25, 0.3) is 0 Å². The highest BCUT2D eigenvalue weighted by molar-refractivity contribution is 5.75. The molecule has 0 radical (unpaired) electrons. The van der Waals surface area contributed by atoms with Gasteiger partial charge in [-0.2, -0.15) is 0 Å². The van der Waals surface area contributed by atoms with Gasteiger partial charge in [0.1, 0.15) is 0 Å². The van der Waals surface area contributed by atoms with Gasteiger partial charge in [0, 0.05) is 0 Å². The lowest BCUT2D eigenvalue weighted by Gasteiger charge is -2.05. The lowest BCUT2D eigenvalue weighted by atomic mass is 10.2. The van der Waals surface area contributed by atoms with Gasteiger partial charge in [-0.15, -0.1) is 0 Å². The molecule has 0 saturated heterocycles. The average Bonchev–Trinajstić information content (AvgIpc) is 2.59. The Morgan fingerprint density at radius 2 is 2.07 bits per heavy atom. The average molecular weight is 194 g/mol. The first-order chi connectivity index (χ1) is 6.70. The molecule has 0 saturated carbocycles. The molecule has 1 aliphatic heterocycles. The van der Waals surface area contributed by atoms with E-state index in [0.717, 1.165) is 5.56 Å². The fourth-order valence-corrected chi connectivity index (χ4v) is 1.25. The third kappa shape index (κ3) is 1.39. The second-order valence-electron chi connectivity index (χ2n) is 3.04. The summed E-state index contributed by atoms with van der Waals surface area (Å²) in [5, 5.41) is 0. The molecule has 1 heterocycles. The predicted molar refractivity (Wildman–Crippen MR) is 48.2 cm³/mol. The summed E-state index contributed by atoms with van der Waals surface area (Å²) in [5.41, 5.74) is 1.05. The van der Waals surface area contributed by atoms with Crippen molar-refractivity contribution in [1.82, 2.24) is 0 Å². The van der Waals surface area contributed by atoms with Crippen LogP contribution >= 0.6 is 0 Å². The molecule has 1 atom stereocenters. The highest BCUT2D eigenvalue weighted by atomic mass is 16.7. The molecule has 2 rings (SSSR count). The number of carbonyl (C=O) groups is 1. The van der Waals surface area contributed by atoms with Gasteiger partial charge in [0.15, 0.2) is 11.5 Å². The zero-order valence-corrected chi connectivity index (χ0v) is 7.94. The standard InChI is InChI=1S/C10H10O4/c1-6-3-4-7-8(5-6)14-10(13-7)9(11)12-2/h3-5,10H,1-2H3. The summed E-state index contributed by atoms with van der Waals surface area (Å²) in [5.74, 6) is 0.630. The Morgan fingerprint density at radius 3 is 2.79 bits per heavy atom. The van der Waals surface area contributed by atoms with Crippen molar-refractivity contribution < 1.29 is 19.0 Å². The molecule has 0 N–H and O–H groups in total. The van der Waals surface area contributed by atoms with Gasteiger partial charge in [0.2, 0.25) is 0 Å². The number of aryl methyl sites for hydroxylation is 1. The molecule has 0 fully saturated rings. The number of carbonyl (C=O) groups excluding carboxylic acids is 1. The van der Waals surface area contributed by atoms with Crippen molar-refractivity contribution in [3.05, 3.63) is 23.8 Å². The van der Waals surface area contributed by atoms with Gasteiger partial charge in [-0.25, -0.2) is 4.79 Å². The van der Waals surface area contributed by atoms with Crippen LogP contribution in [0, 0.1) is 6.92 Å². The SMILES string of the molecule is COC(=O)C1Oc2ccc(C)cc2O1. The lowest BCUT2D eigenvalue weighted by Crippen LogP contribution is -2.30. The van der Waals surface area contributed by atoms with Crippen molar-refractivity contribution in [3.63, 3.8) is 0 Å². The van der Waals surface area contributed by atoms with Crippen LogP contribution in [0.4, 0.5) is 0 Å². The van der Waals surface area contributed by atoms with Crippen molar-refractivity contribution in [1.29, 1.82) is 0 Å². The maximum atomic E-state index is 11.1. The van der Waals surface area contributed by atoms with Gasteiger partial charge >= 0.3 is 12.3 Å². The van der Waals surface area contributed by atoms with E-state index < -0.39 is 12.3 Å². The van der Waals surface area contributed by atoms with Crippen LogP contribution in [0.5, 0.6) is 11.5 Å². The van der Waals surface area contributed by atoms with Crippen LogP contribution in [0.3, 0.4) is 0 Å². The van der Waals surface area contributed by atoms with E-state index in [2.05, 4.69) is 4.74 Å². The molecule has 4 nitrogen and oxygen atoms in total. The Kier molecular flexibility index (Phi) is 2.04. The Hall–Kier alpha value is -1.71. The highest BCUT2D eigenvalue weighted by Crippen LogP contribution is 2.35. The van der Waals surface area contributed by atoms with E-state index in [1.807, 2.05) is 19.1 Å². The van der Waals surface area contributed by atoms with Crippen molar-refractivity contribution in [2.45, 2.75) is 13.2 Å². The smallest absolute Gasteiger partial charge is 0.389 e. The highest BCUT2D eigenvalue weighted by Gasteiger charge is 2.31. The molecule has 1 unspecified atom stereocenters. The van der Waals surface area contributed by atoms with Crippen molar-refractivity contribution in [2.24, 2.45) is 0 Å². The molecular formula is C10H10O4. The third-order valence-corrected chi connectivity index (χ3v) is 1.96. The minimum absolute atomic E-state index is 0.529. The lowest BCUT2D eigenvalue weighted by molar-refractivity contribution is -0.158. The zero-order chi connectivity index (χ0) is 10.1. The molecular weight excluding hydrogens is 184 g/mol. The number of fused-ring (bicyclic) bond motifs is 1. The number of esters is 1. The van der Waals surface area contributed by atoms with Crippen LogP contribution < -0.4 is 9.47 Å². The van der Waals surface area contributed by atoms with Gasteiger partial charge < -0.3 is 14.2 Å². The molecule has 0 spiro atoms. The first-order valence-corrected chi connectivity index (χ1v) is 4.22. The quantitative estimate of drug-likeness (QED) is 0.631. The molecule has 0 aromatic heterocycles. The van der Waals surface area contributed by atoms with Crippen LogP contribution in [0.2, 0.25) is 0 Å². The maximum absolute atomic E-state index is 11.1. The monoisotopic (exact) mass is 194 g/mol. The maximum Gasteiger partial charge on any atom is 0.389 e. The van der Waals surface area contributed by atoms with E-state index in [1.54, 1.807) is 6.07 Å². The molecule has 74 valence electrons. The summed E-state index contributed by atoms with van der Waals surface area (Å²) in [4.78, 5) is 11.1. The molecule has 0 amide bonds. The normalized spacial score (nSPS) is 18.0. The molecule has 1 aromatic carbocycles. The van der Waals surface area contributed by atoms with E-state index in [9.17, 15) is 4.79 Å². The van der Waals surface area contributed by atoms with Gasteiger partial charge in [0.05, 0.1) is 7.11 Å². The molecule has 14 heavy (non-hydrogen) atoms. The first kappa shape index (κ1) is 8.87.